The highest BCUT2D eigenvalue weighted by molar-refractivity contribution is 8.07. The van der Waals surface area contributed by atoms with Crippen LogP contribution in [0.3, 0.4) is 0 Å². The smallest absolute Gasteiger partial charge is 0.345 e. The van der Waals surface area contributed by atoms with Crippen LogP contribution in [0.4, 0.5) is 0 Å². The molecule has 0 amide bonds. The molecule has 1 aromatic rings. The van der Waals surface area contributed by atoms with Crippen molar-refractivity contribution in [2.24, 2.45) is 15.3 Å². The first-order valence-electron chi connectivity index (χ1n) is 4.92. The number of hydrogen-bond donors (Lipinski definition) is 2. The van der Waals surface area contributed by atoms with Gasteiger partial charge in [0.05, 0.1) is 11.2 Å². The number of carboxylic acid groups (broad SMARTS) is 1. The molecular formula is C11H11N3O2S. The van der Waals surface area contributed by atoms with Gasteiger partial charge in [-0.2, -0.15) is 4.47 Å². The molecule has 1 atom stereocenters. The highest BCUT2D eigenvalue weighted by Crippen LogP contribution is 2.18. The molecule has 0 bridgehead atoms. The Balaban J connectivity index is 2.19. The first-order chi connectivity index (χ1) is 8.22. The first kappa shape index (κ1) is 11.7. The summed E-state index contributed by atoms with van der Waals surface area (Å²) in [5, 5.41) is 9.64. The highest BCUT2D eigenvalue weighted by Gasteiger charge is 2.23. The second-order valence-electron chi connectivity index (χ2n) is 3.37. The number of nitrogens with zero attached hydrogens (tertiary/aromatic N) is 2. The van der Waals surface area contributed by atoms with Crippen molar-refractivity contribution in [1.82, 2.24) is 0 Å². The van der Waals surface area contributed by atoms with Gasteiger partial charge in [-0.25, -0.2) is 10.6 Å². The molecule has 0 fully saturated rings. The minimum atomic E-state index is -1.02. The molecule has 3 N–H and O–H groups in total. The van der Waals surface area contributed by atoms with Crippen LogP contribution in [-0.2, 0) is 21.9 Å². The predicted octanol–water partition coefficient (Wildman–Crippen LogP) is 1.24. The van der Waals surface area contributed by atoms with Gasteiger partial charge < -0.3 is 5.11 Å². The molecule has 0 aliphatic carbocycles. The number of carbonyl (C=O) groups is 1. The van der Waals surface area contributed by atoms with E-state index in [1.165, 1.54) is 6.20 Å². The van der Waals surface area contributed by atoms with E-state index in [9.17, 15) is 4.79 Å². The van der Waals surface area contributed by atoms with Crippen LogP contribution in [0.5, 0.6) is 0 Å². The second kappa shape index (κ2) is 5.03. The van der Waals surface area contributed by atoms with E-state index in [0.29, 0.717) is 11.5 Å². The molecule has 2 rings (SSSR count). The maximum Gasteiger partial charge on any atom is 0.345 e. The maximum atomic E-state index is 10.9. The number of benzene rings is 1. The normalized spacial score (nSPS) is 19.0. The Labute approximate surface area is 101 Å². The third-order valence-electron chi connectivity index (χ3n) is 2.27. The molecule has 0 saturated carbocycles. The van der Waals surface area contributed by atoms with Gasteiger partial charge >= 0.3 is 5.97 Å². The summed E-state index contributed by atoms with van der Waals surface area (Å²) in [6.07, 6.45) is 1.90. The molecule has 1 unspecified atom stereocenters. The van der Waals surface area contributed by atoms with E-state index in [2.05, 4.69) is 9.46 Å². The summed E-state index contributed by atoms with van der Waals surface area (Å²) in [5.74, 6) is 4.24. The Kier molecular flexibility index (Phi) is 3.46. The molecule has 88 valence electrons. The number of nitrogens with two attached hydrogens (primary N) is 1. The van der Waals surface area contributed by atoms with Crippen molar-refractivity contribution >= 4 is 21.7 Å². The van der Waals surface area contributed by atoms with Crippen LogP contribution in [0.1, 0.15) is 5.56 Å². The van der Waals surface area contributed by atoms with E-state index in [-0.39, 0.29) is 4.91 Å². The highest BCUT2D eigenvalue weighted by atomic mass is 32.2. The Morgan fingerprint density at radius 2 is 2.12 bits per heavy atom. The molecule has 0 aromatic heterocycles. The zero-order valence-electron chi connectivity index (χ0n) is 8.91. The third-order valence-corrected chi connectivity index (χ3v) is 3.88. The molecule has 1 heterocycles. The molecular weight excluding hydrogens is 238 g/mol. The summed E-state index contributed by atoms with van der Waals surface area (Å²) in [6.45, 7) is 0. The lowest BCUT2D eigenvalue weighted by molar-refractivity contribution is -0.131. The van der Waals surface area contributed by atoms with Gasteiger partial charge in [0.2, 0.25) is 0 Å². The van der Waals surface area contributed by atoms with Gasteiger partial charge in [-0.15, -0.1) is 0 Å². The van der Waals surface area contributed by atoms with Crippen molar-refractivity contribution in [2.75, 3.05) is 0 Å². The lowest BCUT2D eigenvalue weighted by Crippen LogP contribution is -2.14. The minimum Gasteiger partial charge on any atom is -0.477 e. The molecule has 1 aromatic carbocycles. The van der Waals surface area contributed by atoms with Crippen LogP contribution in [0.25, 0.3) is 0 Å². The molecule has 0 radical (unpaired) electrons. The standard InChI is InChI=1S/C11H11N3O2S/c12-14-17-9(11(15)16)7-13-10(17)6-8-4-2-1-3-5-8/h1-5,7H,6,12H2,(H,15,16). The van der Waals surface area contributed by atoms with E-state index in [0.717, 1.165) is 5.56 Å². The second-order valence-corrected chi connectivity index (χ2v) is 5.06. The average Bonchev–Trinajstić information content (AvgIpc) is 2.73. The van der Waals surface area contributed by atoms with Crippen molar-refractivity contribution in [2.45, 2.75) is 6.42 Å². The van der Waals surface area contributed by atoms with E-state index in [1.54, 1.807) is 0 Å². The first-order valence-corrected chi connectivity index (χ1v) is 6.10. The molecule has 0 spiro atoms. The SMILES string of the molecule is NN=S1C(C(=O)O)=CN=C1Cc1ccccc1. The van der Waals surface area contributed by atoms with Gasteiger partial charge in [0.1, 0.15) is 4.91 Å². The van der Waals surface area contributed by atoms with Crippen molar-refractivity contribution in [1.29, 1.82) is 0 Å². The molecule has 1 aliphatic heterocycles. The van der Waals surface area contributed by atoms with Crippen LogP contribution < -0.4 is 5.84 Å². The quantitative estimate of drug-likeness (QED) is 0.624. The van der Waals surface area contributed by atoms with Crippen LogP contribution >= 0.6 is 0 Å². The molecule has 6 heteroatoms. The molecule has 5 nitrogen and oxygen atoms in total. The summed E-state index contributed by atoms with van der Waals surface area (Å²) in [6, 6.07) is 9.69. The number of carboxylic acids is 1. The number of aliphatic carboxylic acids is 1. The van der Waals surface area contributed by atoms with E-state index in [4.69, 9.17) is 10.9 Å². The lowest BCUT2D eigenvalue weighted by Gasteiger charge is -2.04. The van der Waals surface area contributed by atoms with Crippen LogP contribution in [0.15, 0.2) is 50.9 Å². The van der Waals surface area contributed by atoms with Crippen molar-refractivity contribution in [3.63, 3.8) is 0 Å². The van der Waals surface area contributed by atoms with E-state index < -0.39 is 16.7 Å². The van der Waals surface area contributed by atoms with Crippen LogP contribution in [0, 0.1) is 0 Å². The van der Waals surface area contributed by atoms with Crippen LogP contribution in [-0.4, -0.2) is 16.1 Å². The van der Waals surface area contributed by atoms with Gasteiger partial charge in [0.25, 0.3) is 0 Å². The summed E-state index contributed by atoms with van der Waals surface area (Å²) < 4.78 is 3.62. The molecule has 17 heavy (non-hydrogen) atoms. The lowest BCUT2D eigenvalue weighted by atomic mass is 10.2. The minimum absolute atomic E-state index is 0.151. The summed E-state index contributed by atoms with van der Waals surface area (Å²) >= 11 is 0. The Hall–Kier alpha value is -1.79. The predicted molar refractivity (Wildman–Crippen MR) is 67.3 cm³/mol. The number of rotatable bonds is 3. The summed E-state index contributed by atoms with van der Waals surface area (Å²) in [5.41, 5.74) is 1.06. The zero-order valence-corrected chi connectivity index (χ0v) is 9.72. The van der Waals surface area contributed by atoms with Gasteiger partial charge in [-0.3, -0.25) is 4.99 Å². The average molecular weight is 249 g/mol. The fourth-order valence-corrected chi connectivity index (χ4v) is 2.76. The molecule has 0 saturated heterocycles. The van der Waals surface area contributed by atoms with Gasteiger partial charge in [-0.1, -0.05) is 30.3 Å². The van der Waals surface area contributed by atoms with Gasteiger partial charge in [0, 0.05) is 17.1 Å². The van der Waals surface area contributed by atoms with Crippen molar-refractivity contribution in [3.05, 3.63) is 47.0 Å². The summed E-state index contributed by atoms with van der Waals surface area (Å²) in [4.78, 5) is 15.2. The Morgan fingerprint density at radius 1 is 1.41 bits per heavy atom. The Morgan fingerprint density at radius 3 is 2.71 bits per heavy atom. The number of aliphatic imine (C=N–C) groups is 1. The summed E-state index contributed by atoms with van der Waals surface area (Å²) in [7, 11) is -0.926. The number of hydrogen-bond acceptors (Lipinski definition) is 3. The van der Waals surface area contributed by atoms with Gasteiger partial charge in [0.15, 0.2) is 0 Å². The Bertz CT molecular complexity index is 535. The van der Waals surface area contributed by atoms with Crippen LogP contribution in [0.2, 0.25) is 0 Å². The van der Waals surface area contributed by atoms with Crippen molar-refractivity contribution in [3.8, 4) is 0 Å². The topological polar surface area (TPSA) is 88.0 Å². The zero-order chi connectivity index (χ0) is 12.3. The maximum absolute atomic E-state index is 10.9. The van der Waals surface area contributed by atoms with E-state index >= 15 is 0 Å². The van der Waals surface area contributed by atoms with Gasteiger partial charge in [-0.05, 0) is 5.56 Å². The van der Waals surface area contributed by atoms with Crippen molar-refractivity contribution < 1.29 is 9.90 Å². The third kappa shape index (κ3) is 2.48. The fourth-order valence-electron chi connectivity index (χ4n) is 1.50. The van der Waals surface area contributed by atoms with E-state index in [1.807, 2.05) is 30.3 Å². The largest absolute Gasteiger partial charge is 0.477 e. The fraction of sp³-hybridized carbons (Fsp3) is 0.0909. The molecule has 1 aliphatic rings. The monoisotopic (exact) mass is 249 g/mol.